The number of fused-ring (bicyclic) bond motifs is 1. The number of ether oxygens (including phenoxy) is 2. The third kappa shape index (κ3) is 3.01. The highest BCUT2D eigenvalue weighted by Gasteiger charge is 2.52. The molecule has 0 amide bonds. The van der Waals surface area contributed by atoms with E-state index in [2.05, 4.69) is 45.0 Å². The fourth-order valence-electron chi connectivity index (χ4n) is 3.11. The highest BCUT2D eigenvalue weighted by Crippen LogP contribution is 2.47. The molecule has 1 aliphatic heterocycles. The molecular formula is C17H24O2. The average Bonchev–Trinajstić information content (AvgIpc) is 3.15. The van der Waals surface area contributed by atoms with Crippen LogP contribution >= 0.6 is 0 Å². The molecule has 2 nitrogen and oxygen atoms in total. The molecular weight excluding hydrogens is 236 g/mol. The van der Waals surface area contributed by atoms with Crippen LogP contribution in [0.4, 0.5) is 0 Å². The Hall–Kier alpha value is -0.860. The predicted octanol–water partition coefficient (Wildman–Crippen LogP) is 3.80. The molecule has 1 saturated carbocycles. The lowest BCUT2D eigenvalue weighted by atomic mass is 9.71. The van der Waals surface area contributed by atoms with Crippen molar-refractivity contribution in [1.82, 2.24) is 0 Å². The van der Waals surface area contributed by atoms with Gasteiger partial charge in [-0.1, -0.05) is 51.1 Å². The summed E-state index contributed by atoms with van der Waals surface area (Å²) >= 11 is 0. The van der Waals surface area contributed by atoms with Crippen LogP contribution in [0.1, 0.15) is 39.2 Å². The van der Waals surface area contributed by atoms with Crippen molar-refractivity contribution < 1.29 is 9.47 Å². The highest BCUT2D eigenvalue weighted by atomic mass is 16.6. The first kappa shape index (κ1) is 13.1. The number of hydrogen-bond acceptors (Lipinski definition) is 2. The van der Waals surface area contributed by atoms with Gasteiger partial charge in [0.25, 0.3) is 0 Å². The molecule has 2 fully saturated rings. The van der Waals surface area contributed by atoms with E-state index in [1.165, 1.54) is 12.0 Å². The molecule has 1 aromatic carbocycles. The van der Waals surface area contributed by atoms with Gasteiger partial charge in [0.1, 0.15) is 6.10 Å². The quantitative estimate of drug-likeness (QED) is 0.771. The number of hydrogen-bond donors (Lipinski definition) is 0. The van der Waals surface area contributed by atoms with E-state index in [1.54, 1.807) is 0 Å². The molecule has 0 radical (unpaired) electrons. The summed E-state index contributed by atoms with van der Waals surface area (Å²) in [6, 6.07) is 10.4. The van der Waals surface area contributed by atoms with Gasteiger partial charge in [0.2, 0.25) is 0 Å². The van der Waals surface area contributed by atoms with Crippen LogP contribution in [-0.4, -0.2) is 18.3 Å². The van der Waals surface area contributed by atoms with E-state index in [-0.39, 0.29) is 6.10 Å². The van der Waals surface area contributed by atoms with Gasteiger partial charge in [0.05, 0.1) is 18.8 Å². The predicted molar refractivity (Wildman–Crippen MR) is 75.9 cm³/mol. The number of epoxide rings is 1. The van der Waals surface area contributed by atoms with E-state index in [4.69, 9.17) is 9.47 Å². The second kappa shape index (κ2) is 4.92. The molecule has 0 aromatic heterocycles. The smallest absolute Gasteiger partial charge is 0.110 e. The Balaban J connectivity index is 1.59. The average molecular weight is 260 g/mol. The van der Waals surface area contributed by atoms with Crippen LogP contribution in [0, 0.1) is 11.3 Å². The van der Waals surface area contributed by atoms with Crippen LogP contribution < -0.4 is 0 Å². The van der Waals surface area contributed by atoms with Crippen molar-refractivity contribution in [3.63, 3.8) is 0 Å². The highest BCUT2D eigenvalue weighted by molar-refractivity contribution is 5.13. The second-order valence-electron chi connectivity index (χ2n) is 7.01. The maximum atomic E-state index is 6.12. The fraction of sp³-hybridized carbons (Fsp3) is 0.647. The minimum Gasteiger partial charge on any atom is -0.371 e. The Labute approximate surface area is 116 Å². The normalized spacial score (nSPS) is 33.8. The van der Waals surface area contributed by atoms with Gasteiger partial charge < -0.3 is 9.47 Å². The van der Waals surface area contributed by atoms with Crippen LogP contribution in [-0.2, 0) is 16.1 Å². The van der Waals surface area contributed by atoms with Crippen LogP contribution in [0.5, 0.6) is 0 Å². The van der Waals surface area contributed by atoms with Gasteiger partial charge in [-0.3, -0.25) is 0 Å². The maximum Gasteiger partial charge on any atom is 0.110 e. The molecule has 2 aliphatic rings. The molecule has 0 N–H and O–H groups in total. The molecule has 104 valence electrons. The molecule has 0 spiro atoms. The van der Waals surface area contributed by atoms with Crippen molar-refractivity contribution in [2.45, 2.75) is 58.5 Å². The van der Waals surface area contributed by atoms with Crippen molar-refractivity contribution in [2.75, 3.05) is 0 Å². The van der Waals surface area contributed by atoms with E-state index in [1.807, 2.05) is 6.07 Å². The van der Waals surface area contributed by atoms with Crippen molar-refractivity contribution in [3.8, 4) is 0 Å². The molecule has 1 heterocycles. The molecule has 3 rings (SSSR count). The number of rotatable bonds is 3. The van der Waals surface area contributed by atoms with Gasteiger partial charge >= 0.3 is 0 Å². The lowest BCUT2D eigenvalue weighted by Crippen LogP contribution is -2.35. The van der Waals surface area contributed by atoms with Crippen LogP contribution in [0.25, 0.3) is 0 Å². The summed E-state index contributed by atoms with van der Waals surface area (Å²) in [5, 5.41) is 0. The van der Waals surface area contributed by atoms with Gasteiger partial charge in [0.15, 0.2) is 0 Å². The molecule has 1 saturated heterocycles. The molecule has 1 aliphatic carbocycles. The fourth-order valence-corrected chi connectivity index (χ4v) is 3.11. The summed E-state index contributed by atoms with van der Waals surface area (Å²) in [5.41, 5.74) is 1.60. The van der Waals surface area contributed by atoms with Gasteiger partial charge in [-0.25, -0.2) is 0 Å². The monoisotopic (exact) mass is 260 g/mol. The van der Waals surface area contributed by atoms with E-state index in [0.29, 0.717) is 30.1 Å². The topological polar surface area (TPSA) is 21.8 Å². The molecule has 4 atom stereocenters. The largest absolute Gasteiger partial charge is 0.371 e. The zero-order valence-corrected chi connectivity index (χ0v) is 12.1. The van der Waals surface area contributed by atoms with Crippen molar-refractivity contribution in [1.29, 1.82) is 0 Å². The Morgan fingerprint density at radius 3 is 2.58 bits per heavy atom. The Morgan fingerprint density at radius 2 is 1.89 bits per heavy atom. The Kier molecular flexibility index (Phi) is 3.40. The van der Waals surface area contributed by atoms with E-state index >= 15 is 0 Å². The third-order valence-electron chi connectivity index (χ3n) is 4.55. The minimum absolute atomic E-state index is 0.281. The van der Waals surface area contributed by atoms with E-state index in [9.17, 15) is 0 Å². The standard InChI is InChI=1S/C17H24O2/c1-17(2,3)13-9-14(16-15(10-13)19-16)18-11-12-7-5-4-6-8-12/h4-8,13-16H,9-11H2,1-3H3/t13-,14-,15-,16-/m1/s1. The summed E-state index contributed by atoms with van der Waals surface area (Å²) < 4.78 is 11.9. The zero-order chi connectivity index (χ0) is 13.5. The first-order chi connectivity index (χ1) is 9.04. The van der Waals surface area contributed by atoms with Crippen molar-refractivity contribution in [3.05, 3.63) is 35.9 Å². The summed E-state index contributed by atoms with van der Waals surface area (Å²) in [6.45, 7) is 7.69. The van der Waals surface area contributed by atoms with E-state index in [0.717, 1.165) is 6.42 Å². The summed E-state index contributed by atoms with van der Waals surface area (Å²) in [6.07, 6.45) is 3.45. The molecule has 0 unspecified atom stereocenters. The lowest BCUT2D eigenvalue weighted by molar-refractivity contribution is -0.0108. The second-order valence-corrected chi connectivity index (χ2v) is 7.01. The lowest BCUT2D eigenvalue weighted by Gasteiger charge is -2.35. The first-order valence-electron chi connectivity index (χ1n) is 7.35. The maximum absolute atomic E-state index is 6.12. The molecule has 0 bridgehead atoms. The molecule has 1 aromatic rings. The Bertz CT molecular complexity index is 421. The van der Waals surface area contributed by atoms with E-state index < -0.39 is 0 Å². The van der Waals surface area contributed by atoms with Crippen molar-refractivity contribution in [2.24, 2.45) is 11.3 Å². The minimum atomic E-state index is 0.281. The van der Waals surface area contributed by atoms with Gasteiger partial charge in [-0.05, 0) is 29.7 Å². The third-order valence-corrected chi connectivity index (χ3v) is 4.55. The first-order valence-corrected chi connectivity index (χ1v) is 7.35. The Morgan fingerprint density at radius 1 is 1.16 bits per heavy atom. The molecule has 19 heavy (non-hydrogen) atoms. The summed E-state index contributed by atoms with van der Waals surface area (Å²) in [5.74, 6) is 0.706. The number of benzene rings is 1. The van der Waals surface area contributed by atoms with Gasteiger partial charge in [0, 0.05) is 0 Å². The van der Waals surface area contributed by atoms with Gasteiger partial charge in [-0.2, -0.15) is 0 Å². The van der Waals surface area contributed by atoms with Gasteiger partial charge in [-0.15, -0.1) is 0 Å². The van der Waals surface area contributed by atoms with Crippen molar-refractivity contribution >= 4 is 0 Å². The van der Waals surface area contributed by atoms with Crippen LogP contribution in [0.2, 0.25) is 0 Å². The van der Waals surface area contributed by atoms with Crippen LogP contribution in [0.3, 0.4) is 0 Å². The zero-order valence-electron chi connectivity index (χ0n) is 12.1. The summed E-state index contributed by atoms with van der Waals surface area (Å²) in [4.78, 5) is 0. The molecule has 2 heteroatoms. The van der Waals surface area contributed by atoms with Crippen LogP contribution in [0.15, 0.2) is 30.3 Å². The summed E-state index contributed by atoms with van der Waals surface area (Å²) in [7, 11) is 0. The SMILES string of the molecule is CC(C)(C)[C@@H]1C[C@@H](OCc2ccccc2)[C@H]2O[C@@H]2C1.